The highest BCUT2D eigenvalue weighted by atomic mass is 32.1. The van der Waals surface area contributed by atoms with E-state index in [1.807, 2.05) is 18.2 Å². The van der Waals surface area contributed by atoms with E-state index in [-0.39, 0.29) is 0 Å². The Labute approximate surface area is 111 Å². The number of hydrogen-bond donors (Lipinski definition) is 1. The largest absolute Gasteiger partial charge is 0.329 e. The number of nitriles is 1. The number of imidazole rings is 1. The molecular formula is C14H15N3S. The Bertz CT molecular complexity index is 670. The lowest BCUT2D eigenvalue weighted by Gasteiger charge is -2.04. The first kappa shape index (κ1) is 11.5. The normalized spacial score (nSPS) is 14.8. The zero-order chi connectivity index (χ0) is 12.5. The van der Waals surface area contributed by atoms with Gasteiger partial charge in [0, 0.05) is 6.54 Å². The molecule has 3 nitrogen and oxygen atoms in total. The fourth-order valence-corrected chi connectivity index (χ4v) is 2.73. The molecule has 1 aromatic carbocycles. The second-order valence-electron chi connectivity index (χ2n) is 4.98. The Balaban J connectivity index is 1.92. The number of hydrogen-bond acceptors (Lipinski definition) is 2. The zero-order valence-electron chi connectivity index (χ0n) is 10.1. The van der Waals surface area contributed by atoms with Crippen molar-refractivity contribution >= 4 is 23.3 Å². The van der Waals surface area contributed by atoms with Crippen LogP contribution in [0.4, 0.5) is 0 Å². The Morgan fingerprint density at radius 1 is 1.44 bits per heavy atom. The van der Waals surface area contributed by atoms with Crippen molar-refractivity contribution in [2.24, 2.45) is 5.92 Å². The maximum Gasteiger partial charge on any atom is 0.178 e. The number of para-hydroxylation sites is 1. The van der Waals surface area contributed by atoms with Crippen LogP contribution >= 0.6 is 12.2 Å². The van der Waals surface area contributed by atoms with Gasteiger partial charge in [0.2, 0.25) is 0 Å². The monoisotopic (exact) mass is 257 g/mol. The van der Waals surface area contributed by atoms with E-state index >= 15 is 0 Å². The van der Waals surface area contributed by atoms with Crippen molar-refractivity contribution in [1.82, 2.24) is 9.55 Å². The molecule has 0 amide bonds. The summed E-state index contributed by atoms with van der Waals surface area (Å²) < 4.78 is 2.84. The second-order valence-corrected chi connectivity index (χ2v) is 5.37. The second kappa shape index (κ2) is 4.58. The Morgan fingerprint density at radius 2 is 2.28 bits per heavy atom. The standard InChI is InChI=1S/C14H15N3S/c15-9-11-4-1-5-12-13(11)16-14(18)17(12)8-2-3-10-6-7-10/h1,4-5,10H,2-3,6-8H2,(H,16,18). The van der Waals surface area contributed by atoms with Crippen LogP contribution in [0.1, 0.15) is 31.2 Å². The number of H-pyrrole nitrogens is 1. The van der Waals surface area contributed by atoms with Crippen LogP contribution < -0.4 is 0 Å². The molecule has 0 bridgehead atoms. The van der Waals surface area contributed by atoms with Crippen LogP contribution in [0.15, 0.2) is 18.2 Å². The smallest absolute Gasteiger partial charge is 0.178 e. The van der Waals surface area contributed by atoms with Crippen LogP contribution in [0.2, 0.25) is 0 Å². The van der Waals surface area contributed by atoms with Gasteiger partial charge in [0.05, 0.1) is 16.6 Å². The van der Waals surface area contributed by atoms with Gasteiger partial charge in [0.15, 0.2) is 4.77 Å². The van der Waals surface area contributed by atoms with Gasteiger partial charge in [-0.15, -0.1) is 0 Å². The number of nitrogens with zero attached hydrogens (tertiary/aromatic N) is 2. The molecule has 1 aliphatic carbocycles. The average molecular weight is 257 g/mol. The van der Waals surface area contributed by atoms with Gasteiger partial charge in [-0.3, -0.25) is 0 Å². The summed E-state index contributed by atoms with van der Waals surface area (Å²) in [5.74, 6) is 0.957. The van der Waals surface area contributed by atoms with Crippen LogP contribution in [-0.4, -0.2) is 9.55 Å². The fourth-order valence-electron chi connectivity index (χ4n) is 2.44. The van der Waals surface area contributed by atoms with Gasteiger partial charge in [0.1, 0.15) is 6.07 Å². The van der Waals surface area contributed by atoms with Gasteiger partial charge in [-0.1, -0.05) is 18.9 Å². The van der Waals surface area contributed by atoms with Crippen LogP contribution in [0, 0.1) is 22.0 Å². The molecule has 0 spiro atoms. The molecule has 1 saturated carbocycles. The molecular weight excluding hydrogens is 242 g/mol. The maximum atomic E-state index is 9.08. The maximum absolute atomic E-state index is 9.08. The molecule has 18 heavy (non-hydrogen) atoms. The van der Waals surface area contributed by atoms with Crippen LogP contribution in [0.3, 0.4) is 0 Å². The van der Waals surface area contributed by atoms with Gasteiger partial charge in [-0.2, -0.15) is 5.26 Å². The molecule has 3 rings (SSSR count). The van der Waals surface area contributed by atoms with Crippen LogP contribution in [0.5, 0.6) is 0 Å². The number of aromatic nitrogens is 2. The summed E-state index contributed by atoms with van der Waals surface area (Å²) in [7, 11) is 0. The Kier molecular flexibility index (Phi) is 2.92. The predicted molar refractivity (Wildman–Crippen MR) is 73.8 cm³/mol. The summed E-state index contributed by atoms with van der Waals surface area (Å²) in [5.41, 5.74) is 2.59. The summed E-state index contributed by atoms with van der Waals surface area (Å²) in [5, 5.41) is 9.08. The first-order valence-electron chi connectivity index (χ1n) is 6.41. The van der Waals surface area contributed by atoms with E-state index in [1.54, 1.807) is 0 Å². The van der Waals surface area contributed by atoms with E-state index in [4.69, 9.17) is 17.5 Å². The zero-order valence-corrected chi connectivity index (χ0v) is 11.0. The summed E-state index contributed by atoms with van der Waals surface area (Å²) in [4.78, 5) is 3.16. The van der Waals surface area contributed by atoms with Gasteiger partial charge in [-0.25, -0.2) is 0 Å². The summed E-state index contributed by atoms with van der Waals surface area (Å²) in [6.07, 6.45) is 5.27. The van der Waals surface area contributed by atoms with E-state index in [9.17, 15) is 0 Å². The molecule has 0 saturated heterocycles. The van der Waals surface area contributed by atoms with Gasteiger partial charge >= 0.3 is 0 Å². The van der Waals surface area contributed by atoms with Crippen molar-refractivity contribution in [2.45, 2.75) is 32.2 Å². The highest BCUT2D eigenvalue weighted by Gasteiger charge is 2.20. The molecule has 92 valence electrons. The Morgan fingerprint density at radius 3 is 3.00 bits per heavy atom. The van der Waals surface area contributed by atoms with Crippen molar-refractivity contribution in [2.75, 3.05) is 0 Å². The molecule has 0 radical (unpaired) electrons. The molecule has 1 N–H and O–H groups in total. The third-order valence-electron chi connectivity index (χ3n) is 3.62. The minimum atomic E-state index is 0.666. The average Bonchev–Trinajstić information content (AvgIpc) is 3.14. The fraction of sp³-hybridized carbons (Fsp3) is 0.429. The summed E-state index contributed by atoms with van der Waals surface area (Å²) in [6.45, 7) is 0.949. The van der Waals surface area contributed by atoms with Crippen LogP contribution in [0.25, 0.3) is 11.0 Å². The molecule has 2 aromatic rings. The molecule has 1 aromatic heterocycles. The number of rotatable bonds is 4. The van der Waals surface area contributed by atoms with Crippen molar-refractivity contribution in [3.63, 3.8) is 0 Å². The SMILES string of the molecule is N#Cc1cccc2c1[nH]c(=S)n2CCCC1CC1. The molecule has 0 atom stereocenters. The number of aromatic amines is 1. The third-order valence-corrected chi connectivity index (χ3v) is 3.94. The molecule has 1 fully saturated rings. The minimum Gasteiger partial charge on any atom is -0.329 e. The first-order chi connectivity index (χ1) is 8.79. The lowest BCUT2D eigenvalue weighted by molar-refractivity contribution is 0.582. The van der Waals surface area contributed by atoms with Gasteiger partial charge in [-0.05, 0) is 43.1 Å². The summed E-state index contributed by atoms with van der Waals surface area (Å²) in [6, 6.07) is 7.97. The summed E-state index contributed by atoms with van der Waals surface area (Å²) >= 11 is 5.35. The molecule has 0 unspecified atom stereocenters. The lowest BCUT2D eigenvalue weighted by Crippen LogP contribution is -1.98. The van der Waals surface area contributed by atoms with E-state index < -0.39 is 0 Å². The van der Waals surface area contributed by atoms with Crippen molar-refractivity contribution in [1.29, 1.82) is 5.26 Å². The van der Waals surface area contributed by atoms with Crippen molar-refractivity contribution in [3.05, 3.63) is 28.5 Å². The molecule has 1 heterocycles. The third kappa shape index (κ3) is 2.06. The quantitative estimate of drug-likeness (QED) is 0.847. The highest BCUT2D eigenvalue weighted by Crippen LogP contribution is 2.33. The number of nitrogens with one attached hydrogen (secondary N) is 1. The molecule has 0 aliphatic heterocycles. The molecule has 1 aliphatic rings. The van der Waals surface area contributed by atoms with E-state index in [1.165, 1.54) is 25.7 Å². The lowest BCUT2D eigenvalue weighted by atomic mass is 10.2. The van der Waals surface area contributed by atoms with E-state index in [2.05, 4.69) is 15.6 Å². The van der Waals surface area contributed by atoms with Gasteiger partial charge < -0.3 is 9.55 Å². The van der Waals surface area contributed by atoms with Crippen molar-refractivity contribution < 1.29 is 0 Å². The van der Waals surface area contributed by atoms with Crippen LogP contribution in [-0.2, 0) is 6.54 Å². The van der Waals surface area contributed by atoms with Gasteiger partial charge in [0.25, 0.3) is 0 Å². The molecule has 4 heteroatoms. The minimum absolute atomic E-state index is 0.666. The number of fused-ring (bicyclic) bond motifs is 1. The predicted octanol–water partition coefficient (Wildman–Crippen LogP) is 3.76. The number of benzene rings is 1. The highest BCUT2D eigenvalue weighted by molar-refractivity contribution is 7.71. The Hall–Kier alpha value is -1.60. The number of aryl methyl sites for hydroxylation is 1. The topological polar surface area (TPSA) is 44.5 Å². The first-order valence-corrected chi connectivity index (χ1v) is 6.82. The van der Waals surface area contributed by atoms with E-state index in [0.717, 1.165) is 28.3 Å². The van der Waals surface area contributed by atoms with E-state index in [0.29, 0.717) is 5.56 Å². The van der Waals surface area contributed by atoms with Crippen molar-refractivity contribution in [3.8, 4) is 6.07 Å².